The summed E-state index contributed by atoms with van der Waals surface area (Å²) in [4.78, 5) is 0. The summed E-state index contributed by atoms with van der Waals surface area (Å²) in [5, 5.41) is 7.77. The van der Waals surface area contributed by atoms with Gasteiger partial charge in [-0.15, -0.1) is 0 Å². The van der Waals surface area contributed by atoms with Crippen LogP contribution in [0.5, 0.6) is 11.5 Å². The van der Waals surface area contributed by atoms with Crippen LogP contribution < -0.4 is 20.2 Å². The van der Waals surface area contributed by atoms with Crippen LogP contribution >= 0.6 is 12.2 Å². The van der Waals surface area contributed by atoms with E-state index in [-0.39, 0.29) is 0 Å². The maximum absolute atomic E-state index is 5.25. The van der Waals surface area contributed by atoms with Crippen LogP contribution in [0.3, 0.4) is 0 Å². The maximum atomic E-state index is 5.25. The largest absolute Gasteiger partial charge is 0.493 e. The highest BCUT2D eigenvalue weighted by Gasteiger charge is 2.06. The Morgan fingerprint density at radius 1 is 1.29 bits per heavy atom. The molecule has 1 atom stereocenters. The van der Waals surface area contributed by atoms with E-state index >= 15 is 0 Å². The molecule has 0 spiro atoms. The first-order valence-electron chi connectivity index (χ1n) is 6.85. The van der Waals surface area contributed by atoms with Gasteiger partial charge in [0, 0.05) is 17.5 Å². The number of anilines is 1. The Labute approximate surface area is 131 Å². The molecule has 0 bridgehead atoms. The molecule has 0 fully saturated rings. The number of nitrogens with one attached hydrogen (secondary N) is 2. The number of hydrogen-bond acceptors (Lipinski definition) is 4. The number of nitrogens with zero attached hydrogens (tertiary/aromatic N) is 1. The van der Waals surface area contributed by atoms with Crippen molar-refractivity contribution in [1.82, 2.24) is 5.43 Å². The second-order valence-electron chi connectivity index (χ2n) is 4.70. The summed E-state index contributed by atoms with van der Waals surface area (Å²) in [6.45, 7) is 6.25. The summed E-state index contributed by atoms with van der Waals surface area (Å²) in [7, 11) is 3.20. The number of hydrogen-bond donors (Lipinski definition) is 2. The van der Waals surface area contributed by atoms with Crippen LogP contribution in [0, 0.1) is 5.92 Å². The average Bonchev–Trinajstić information content (AvgIpc) is 2.51. The Morgan fingerprint density at radius 2 is 1.95 bits per heavy atom. The Kier molecular flexibility index (Phi) is 6.94. The molecule has 0 aromatic heterocycles. The predicted molar refractivity (Wildman–Crippen MR) is 91.5 cm³/mol. The maximum Gasteiger partial charge on any atom is 0.191 e. The quantitative estimate of drug-likeness (QED) is 0.479. The number of benzene rings is 1. The zero-order valence-electron chi connectivity index (χ0n) is 13.2. The molecule has 0 radical (unpaired) electrons. The number of hydrazone groups is 1. The first-order chi connectivity index (χ1) is 10.0. The van der Waals surface area contributed by atoms with E-state index < -0.39 is 0 Å². The van der Waals surface area contributed by atoms with Crippen molar-refractivity contribution in [3.05, 3.63) is 18.2 Å². The Bertz CT molecular complexity index is 518. The van der Waals surface area contributed by atoms with E-state index in [9.17, 15) is 0 Å². The third-order valence-electron chi connectivity index (χ3n) is 3.30. The van der Waals surface area contributed by atoms with E-state index in [1.807, 2.05) is 25.1 Å². The molecular formula is C15H23N3O2S. The highest BCUT2D eigenvalue weighted by atomic mass is 32.1. The van der Waals surface area contributed by atoms with Gasteiger partial charge in [-0.05, 0) is 43.6 Å². The minimum Gasteiger partial charge on any atom is -0.493 e. The van der Waals surface area contributed by atoms with Crippen LogP contribution in [0.15, 0.2) is 23.3 Å². The zero-order chi connectivity index (χ0) is 15.8. The molecule has 0 amide bonds. The van der Waals surface area contributed by atoms with Gasteiger partial charge in [0.2, 0.25) is 0 Å². The van der Waals surface area contributed by atoms with E-state index in [2.05, 4.69) is 29.7 Å². The average molecular weight is 309 g/mol. The molecule has 5 nitrogen and oxygen atoms in total. The fraction of sp³-hybridized carbons (Fsp3) is 0.467. The van der Waals surface area contributed by atoms with Crippen molar-refractivity contribution >= 4 is 28.7 Å². The SMILES string of the molecule is CC[C@H](C)/C(C)=N\NC(=S)Nc1ccc(OC)c(OC)c1. The van der Waals surface area contributed by atoms with Gasteiger partial charge in [-0.2, -0.15) is 5.10 Å². The smallest absolute Gasteiger partial charge is 0.191 e. The number of rotatable bonds is 6. The lowest BCUT2D eigenvalue weighted by molar-refractivity contribution is 0.355. The van der Waals surface area contributed by atoms with Crippen LogP contribution in [-0.4, -0.2) is 25.0 Å². The van der Waals surface area contributed by atoms with E-state index in [1.165, 1.54) is 0 Å². The normalized spacial score (nSPS) is 12.5. The molecule has 0 aliphatic carbocycles. The standard InChI is InChI=1S/C15H23N3O2S/c1-6-10(2)11(3)17-18-15(21)16-12-7-8-13(19-4)14(9-12)20-5/h7-10H,6H2,1-5H3,(H2,16,18,21)/b17-11-/t10-/m0/s1. The highest BCUT2D eigenvalue weighted by molar-refractivity contribution is 7.80. The molecule has 0 saturated heterocycles. The summed E-state index contributed by atoms with van der Waals surface area (Å²) in [5.41, 5.74) is 4.68. The minimum atomic E-state index is 0.432. The summed E-state index contributed by atoms with van der Waals surface area (Å²) >= 11 is 5.22. The third-order valence-corrected chi connectivity index (χ3v) is 3.49. The first-order valence-corrected chi connectivity index (χ1v) is 7.25. The minimum absolute atomic E-state index is 0.432. The van der Waals surface area contributed by atoms with Crippen LogP contribution in [-0.2, 0) is 0 Å². The predicted octanol–water partition coefficient (Wildman–Crippen LogP) is 3.41. The number of methoxy groups -OCH3 is 2. The number of thiocarbonyl (C=S) groups is 1. The van der Waals surface area contributed by atoms with Gasteiger partial charge in [0.05, 0.1) is 14.2 Å². The highest BCUT2D eigenvalue weighted by Crippen LogP contribution is 2.29. The molecule has 1 aromatic carbocycles. The molecule has 0 heterocycles. The van der Waals surface area contributed by atoms with Crippen molar-refractivity contribution in [3.63, 3.8) is 0 Å². The lowest BCUT2D eigenvalue weighted by atomic mass is 10.1. The summed E-state index contributed by atoms with van der Waals surface area (Å²) in [5.74, 6) is 1.75. The van der Waals surface area contributed by atoms with Crippen LogP contribution in [0.2, 0.25) is 0 Å². The topological polar surface area (TPSA) is 54.9 Å². The Balaban J connectivity index is 2.67. The second kappa shape index (κ2) is 8.46. The van der Waals surface area contributed by atoms with E-state index in [0.29, 0.717) is 22.5 Å². The summed E-state index contributed by atoms with van der Waals surface area (Å²) < 4.78 is 10.4. The van der Waals surface area contributed by atoms with Gasteiger partial charge in [-0.25, -0.2) is 0 Å². The van der Waals surface area contributed by atoms with Crippen molar-refractivity contribution in [2.24, 2.45) is 11.0 Å². The molecular weight excluding hydrogens is 286 g/mol. The van der Waals surface area contributed by atoms with Crippen LogP contribution in [0.1, 0.15) is 27.2 Å². The Morgan fingerprint density at radius 3 is 2.52 bits per heavy atom. The van der Waals surface area contributed by atoms with Gasteiger partial charge in [0.1, 0.15) is 0 Å². The van der Waals surface area contributed by atoms with Gasteiger partial charge < -0.3 is 14.8 Å². The van der Waals surface area contributed by atoms with E-state index in [0.717, 1.165) is 17.8 Å². The van der Waals surface area contributed by atoms with Crippen LogP contribution in [0.25, 0.3) is 0 Å². The molecule has 0 saturated carbocycles. The summed E-state index contributed by atoms with van der Waals surface area (Å²) in [6.07, 6.45) is 1.05. The van der Waals surface area contributed by atoms with Gasteiger partial charge in [0.15, 0.2) is 16.6 Å². The lowest BCUT2D eigenvalue weighted by Crippen LogP contribution is -2.25. The van der Waals surface area contributed by atoms with Gasteiger partial charge in [-0.3, -0.25) is 5.43 Å². The molecule has 2 N–H and O–H groups in total. The zero-order valence-corrected chi connectivity index (χ0v) is 14.0. The molecule has 0 aliphatic rings. The molecule has 21 heavy (non-hydrogen) atoms. The molecule has 116 valence electrons. The van der Waals surface area contributed by atoms with E-state index in [1.54, 1.807) is 14.2 Å². The van der Waals surface area contributed by atoms with Gasteiger partial charge >= 0.3 is 0 Å². The van der Waals surface area contributed by atoms with E-state index in [4.69, 9.17) is 21.7 Å². The summed E-state index contributed by atoms with van der Waals surface area (Å²) in [6, 6.07) is 5.50. The van der Waals surface area contributed by atoms with Crippen molar-refractivity contribution < 1.29 is 9.47 Å². The number of ether oxygens (including phenoxy) is 2. The second-order valence-corrected chi connectivity index (χ2v) is 5.11. The fourth-order valence-corrected chi connectivity index (χ4v) is 1.78. The van der Waals surface area contributed by atoms with Gasteiger partial charge in [-0.1, -0.05) is 13.8 Å². The molecule has 1 rings (SSSR count). The molecule has 6 heteroatoms. The third kappa shape index (κ3) is 5.23. The molecule has 1 aromatic rings. The van der Waals surface area contributed by atoms with Crippen molar-refractivity contribution in [3.8, 4) is 11.5 Å². The lowest BCUT2D eigenvalue weighted by Gasteiger charge is -2.12. The monoisotopic (exact) mass is 309 g/mol. The first kappa shape index (κ1) is 17.2. The fourth-order valence-electron chi connectivity index (χ4n) is 1.62. The van der Waals surface area contributed by atoms with Crippen molar-refractivity contribution in [2.75, 3.05) is 19.5 Å². The Hall–Kier alpha value is -1.82. The van der Waals surface area contributed by atoms with Crippen molar-refractivity contribution in [1.29, 1.82) is 0 Å². The van der Waals surface area contributed by atoms with Crippen LogP contribution in [0.4, 0.5) is 5.69 Å². The van der Waals surface area contributed by atoms with Gasteiger partial charge in [0.25, 0.3) is 0 Å². The molecule has 0 unspecified atom stereocenters. The van der Waals surface area contributed by atoms with Crippen molar-refractivity contribution in [2.45, 2.75) is 27.2 Å². The molecule has 0 aliphatic heterocycles.